The summed E-state index contributed by atoms with van der Waals surface area (Å²) in [5, 5.41) is 6.30. The molecule has 1 fully saturated rings. The number of carbonyl (C=O) groups excluding carboxylic acids is 1. The Morgan fingerprint density at radius 1 is 1.61 bits per heavy atom. The molecule has 0 spiro atoms. The number of hydrogen-bond donors (Lipinski definition) is 2. The fourth-order valence-corrected chi connectivity index (χ4v) is 2.46. The van der Waals surface area contributed by atoms with Gasteiger partial charge in [-0.15, -0.1) is 0 Å². The van der Waals surface area contributed by atoms with Crippen LogP contribution < -0.4 is 10.6 Å². The van der Waals surface area contributed by atoms with Gasteiger partial charge in [-0.05, 0) is 60.8 Å². The van der Waals surface area contributed by atoms with E-state index in [1.54, 1.807) is 6.20 Å². The zero-order chi connectivity index (χ0) is 13.1. The molecule has 18 heavy (non-hydrogen) atoms. The van der Waals surface area contributed by atoms with Gasteiger partial charge in [-0.2, -0.15) is 0 Å². The van der Waals surface area contributed by atoms with Crippen molar-refractivity contribution in [1.29, 1.82) is 0 Å². The van der Waals surface area contributed by atoms with Crippen molar-refractivity contribution in [2.24, 2.45) is 5.92 Å². The second-order valence-corrected chi connectivity index (χ2v) is 5.65. The first-order chi connectivity index (χ1) is 8.56. The molecule has 2 atom stereocenters. The molecule has 2 N–H and O–H groups in total. The number of halogens is 1. The number of amides is 1. The Balaban J connectivity index is 2.00. The van der Waals surface area contributed by atoms with Gasteiger partial charge in [0.1, 0.15) is 4.60 Å². The van der Waals surface area contributed by atoms with Crippen LogP contribution in [0.4, 0.5) is 5.69 Å². The molecule has 2 heterocycles. The van der Waals surface area contributed by atoms with Crippen molar-refractivity contribution in [3.63, 3.8) is 0 Å². The summed E-state index contributed by atoms with van der Waals surface area (Å²) in [4.78, 5) is 16.3. The molecule has 0 radical (unpaired) electrons. The Labute approximate surface area is 116 Å². The van der Waals surface area contributed by atoms with E-state index in [1.165, 1.54) is 0 Å². The standard InChI is InChI=1S/C13H18BrN3O/c1-8-5-11(7-16-12(8)14)17-13(18)10-3-4-15-9(2)6-10/h5,7,9-10,15H,3-4,6H2,1-2H3,(H,17,18). The Hall–Kier alpha value is -0.940. The largest absolute Gasteiger partial charge is 0.324 e. The van der Waals surface area contributed by atoms with Gasteiger partial charge < -0.3 is 10.6 Å². The highest BCUT2D eigenvalue weighted by Crippen LogP contribution is 2.20. The highest BCUT2D eigenvalue weighted by atomic mass is 79.9. The number of hydrogen-bond acceptors (Lipinski definition) is 3. The van der Waals surface area contributed by atoms with E-state index in [4.69, 9.17) is 0 Å². The molecule has 0 saturated carbocycles. The van der Waals surface area contributed by atoms with Crippen molar-refractivity contribution < 1.29 is 4.79 Å². The molecular formula is C13H18BrN3O. The lowest BCUT2D eigenvalue weighted by Crippen LogP contribution is -2.40. The van der Waals surface area contributed by atoms with E-state index in [0.29, 0.717) is 6.04 Å². The van der Waals surface area contributed by atoms with Crippen LogP contribution in [0.2, 0.25) is 0 Å². The van der Waals surface area contributed by atoms with Crippen LogP contribution >= 0.6 is 15.9 Å². The second kappa shape index (κ2) is 5.80. The van der Waals surface area contributed by atoms with Crippen molar-refractivity contribution >= 4 is 27.5 Å². The zero-order valence-electron chi connectivity index (χ0n) is 10.7. The summed E-state index contributed by atoms with van der Waals surface area (Å²) < 4.78 is 0.816. The van der Waals surface area contributed by atoms with Crippen LogP contribution in [0.15, 0.2) is 16.9 Å². The fourth-order valence-electron chi connectivity index (χ4n) is 2.24. The Morgan fingerprint density at radius 3 is 3.06 bits per heavy atom. The predicted molar refractivity (Wildman–Crippen MR) is 75.5 cm³/mol. The van der Waals surface area contributed by atoms with Gasteiger partial charge in [0.15, 0.2) is 0 Å². The highest BCUT2D eigenvalue weighted by Gasteiger charge is 2.24. The van der Waals surface area contributed by atoms with Crippen LogP contribution in [0.3, 0.4) is 0 Å². The van der Waals surface area contributed by atoms with E-state index in [0.717, 1.165) is 35.2 Å². The van der Waals surface area contributed by atoms with Gasteiger partial charge in [-0.25, -0.2) is 4.98 Å². The molecule has 1 aromatic rings. The number of nitrogens with one attached hydrogen (secondary N) is 2. The molecular weight excluding hydrogens is 294 g/mol. The normalized spacial score (nSPS) is 23.7. The molecule has 98 valence electrons. The van der Waals surface area contributed by atoms with Gasteiger partial charge in [0.05, 0.1) is 11.9 Å². The minimum Gasteiger partial charge on any atom is -0.324 e. The molecule has 0 bridgehead atoms. The number of anilines is 1. The lowest BCUT2D eigenvalue weighted by atomic mass is 9.92. The molecule has 0 aromatic carbocycles. The number of rotatable bonds is 2. The Bertz CT molecular complexity index is 450. The van der Waals surface area contributed by atoms with Gasteiger partial charge in [0.25, 0.3) is 0 Å². The van der Waals surface area contributed by atoms with Crippen LogP contribution in [-0.2, 0) is 4.79 Å². The third-order valence-electron chi connectivity index (χ3n) is 3.28. The maximum absolute atomic E-state index is 12.1. The number of piperidine rings is 1. The number of aromatic nitrogens is 1. The molecule has 1 aromatic heterocycles. The average Bonchev–Trinajstić information content (AvgIpc) is 2.34. The Morgan fingerprint density at radius 2 is 2.39 bits per heavy atom. The van der Waals surface area contributed by atoms with E-state index >= 15 is 0 Å². The molecule has 5 heteroatoms. The van der Waals surface area contributed by atoms with Crippen molar-refractivity contribution in [1.82, 2.24) is 10.3 Å². The molecule has 1 saturated heterocycles. The molecule has 1 aliphatic rings. The number of carbonyl (C=O) groups is 1. The van der Waals surface area contributed by atoms with E-state index < -0.39 is 0 Å². The lowest BCUT2D eigenvalue weighted by molar-refractivity contribution is -0.120. The average molecular weight is 312 g/mol. The summed E-state index contributed by atoms with van der Waals surface area (Å²) in [6.45, 7) is 4.99. The minimum absolute atomic E-state index is 0.102. The van der Waals surface area contributed by atoms with Crippen molar-refractivity contribution in [3.8, 4) is 0 Å². The summed E-state index contributed by atoms with van der Waals surface area (Å²) in [7, 11) is 0. The van der Waals surface area contributed by atoms with Crippen molar-refractivity contribution in [2.75, 3.05) is 11.9 Å². The molecule has 2 rings (SSSR count). The highest BCUT2D eigenvalue weighted by molar-refractivity contribution is 9.10. The summed E-state index contributed by atoms with van der Waals surface area (Å²) in [6, 6.07) is 2.35. The maximum Gasteiger partial charge on any atom is 0.227 e. The van der Waals surface area contributed by atoms with Gasteiger partial charge in [0, 0.05) is 12.0 Å². The first-order valence-electron chi connectivity index (χ1n) is 6.22. The van der Waals surface area contributed by atoms with E-state index in [-0.39, 0.29) is 11.8 Å². The number of nitrogens with zero attached hydrogens (tertiary/aromatic N) is 1. The van der Waals surface area contributed by atoms with Gasteiger partial charge >= 0.3 is 0 Å². The number of aryl methyl sites for hydroxylation is 1. The summed E-state index contributed by atoms with van der Waals surface area (Å²) >= 11 is 3.35. The molecule has 2 unspecified atom stereocenters. The van der Waals surface area contributed by atoms with Gasteiger partial charge in [0.2, 0.25) is 5.91 Å². The van der Waals surface area contributed by atoms with Crippen LogP contribution in [0.1, 0.15) is 25.3 Å². The van der Waals surface area contributed by atoms with Crippen molar-refractivity contribution in [2.45, 2.75) is 32.7 Å². The van der Waals surface area contributed by atoms with E-state index in [2.05, 4.69) is 38.5 Å². The van der Waals surface area contributed by atoms with E-state index in [1.807, 2.05) is 13.0 Å². The summed E-state index contributed by atoms with van der Waals surface area (Å²) in [5.41, 5.74) is 1.79. The summed E-state index contributed by atoms with van der Waals surface area (Å²) in [5.74, 6) is 0.206. The molecule has 1 aliphatic heterocycles. The van der Waals surface area contributed by atoms with Crippen LogP contribution in [-0.4, -0.2) is 23.5 Å². The first-order valence-corrected chi connectivity index (χ1v) is 7.02. The minimum atomic E-state index is 0.102. The first kappa shape index (κ1) is 13.5. The quantitative estimate of drug-likeness (QED) is 0.825. The van der Waals surface area contributed by atoms with Crippen LogP contribution in [0.25, 0.3) is 0 Å². The van der Waals surface area contributed by atoms with Crippen molar-refractivity contribution in [3.05, 3.63) is 22.4 Å². The Kier molecular flexibility index (Phi) is 4.35. The lowest BCUT2D eigenvalue weighted by Gasteiger charge is -2.27. The van der Waals surface area contributed by atoms with Crippen LogP contribution in [0.5, 0.6) is 0 Å². The van der Waals surface area contributed by atoms with E-state index in [9.17, 15) is 4.79 Å². The van der Waals surface area contributed by atoms with Gasteiger partial charge in [-0.1, -0.05) is 0 Å². The predicted octanol–water partition coefficient (Wildman–Crippen LogP) is 2.48. The summed E-state index contributed by atoms with van der Waals surface area (Å²) in [6.07, 6.45) is 3.48. The van der Waals surface area contributed by atoms with Gasteiger partial charge in [-0.3, -0.25) is 4.79 Å². The third kappa shape index (κ3) is 3.29. The second-order valence-electron chi connectivity index (χ2n) is 4.90. The zero-order valence-corrected chi connectivity index (χ0v) is 12.3. The third-order valence-corrected chi connectivity index (χ3v) is 4.11. The molecule has 0 aliphatic carbocycles. The topological polar surface area (TPSA) is 54.0 Å². The smallest absolute Gasteiger partial charge is 0.227 e. The number of pyridine rings is 1. The molecule has 4 nitrogen and oxygen atoms in total. The molecule has 1 amide bonds. The SMILES string of the molecule is Cc1cc(NC(=O)C2CCNC(C)C2)cnc1Br. The fraction of sp³-hybridized carbons (Fsp3) is 0.538. The maximum atomic E-state index is 12.1. The van der Waals surface area contributed by atoms with Crippen LogP contribution in [0, 0.1) is 12.8 Å². The monoisotopic (exact) mass is 311 g/mol.